The van der Waals surface area contributed by atoms with Gasteiger partial charge in [0.2, 0.25) is 10.0 Å². The van der Waals surface area contributed by atoms with Crippen LogP contribution in [0.3, 0.4) is 0 Å². The highest BCUT2D eigenvalue weighted by molar-refractivity contribution is 7.89. The summed E-state index contributed by atoms with van der Waals surface area (Å²) in [7, 11) is -0.345. The summed E-state index contributed by atoms with van der Waals surface area (Å²) < 4.78 is 36.5. The first-order valence-corrected chi connectivity index (χ1v) is 9.77. The molecule has 9 heteroatoms. The minimum Gasteiger partial charge on any atom is -0.456 e. The Morgan fingerprint density at radius 3 is 2.35 bits per heavy atom. The number of ether oxygens (including phenoxy) is 2. The van der Waals surface area contributed by atoms with Gasteiger partial charge in [-0.2, -0.15) is 4.31 Å². The third kappa shape index (κ3) is 5.52. The van der Waals surface area contributed by atoms with Crippen LogP contribution in [-0.2, 0) is 35.5 Å². The Labute approximate surface area is 153 Å². The summed E-state index contributed by atoms with van der Waals surface area (Å²) in [6, 6.07) is 6.46. The number of carbonyl (C=O) groups is 2. The van der Waals surface area contributed by atoms with Crippen LogP contribution in [0.25, 0.3) is 0 Å². The summed E-state index contributed by atoms with van der Waals surface area (Å²) >= 11 is 0. The van der Waals surface area contributed by atoms with E-state index in [0.29, 0.717) is 32.7 Å². The van der Waals surface area contributed by atoms with Crippen LogP contribution < -0.4 is 0 Å². The van der Waals surface area contributed by atoms with Crippen LogP contribution in [0.1, 0.15) is 12.0 Å². The van der Waals surface area contributed by atoms with Crippen molar-refractivity contribution in [1.29, 1.82) is 0 Å². The summed E-state index contributed by atoms with van der Waals surface area (Å²) in [4.78, 5) is 24.6. The van der Waals surface area contributed by atoms with Gasteiger partial charge in [0, 0.05) is 33.6 Å². The van der Waals surface area contributed by atoms with E-state index in [1.807, 2.05) is 0 Å². The fourth-order valence-corrected chi connectivity index (χ4v) is 3.76. The van der Waals surface area contributed by atoms with Crippen LogP contribution in [0.2, 0.25) is 0 Å². The largest absolute Gasteiger partial charge is 0.456 e. The molecule has 0 saturated carbocycles. The van der Waals surface area contributed by atoms with E-state index in [1.165, 1.54) is 9.21 Å². The molecular weight excluding hydrogens is 360 g/mol. The molecule has 1 saturated heterocycles. The lowest BCUT2D eigenvalue weighted by Crippen LogP contribution is -2.40. The molecule has 0 N–H and O–H groups in total. The molecule has 1 aliphatic rings. The number of morpholine rings is 1. The number of likely N-dealkylation sites (N-methyl/N-ethyl adjacent to an activating group) is 1. The normalized spacial score (nSPS) is 15.5. The quantitative estimate of drug-likeness (QED) is 0.627. The van der Waals surface area contributed by atoms with E-state index < -0.39 is 16.0 Å². The Balaban J connectivity index is 1.87. The zero-order valence-corrected chi connectivity index (χ0v) is 15.8. The predicted molar refractivity (Wildman–Crippen MR) is 94.0 cm³/mol. The maximum atomic E-state index is 12.5. The van der Waals surface area contributed by atoms with E-state index in [4.69, 9.17) is 9.47 Å². The van der Waals surface area contributed by atoms with Crippen molar-refractivity contribution in [3.63, 3.8) is 0 Å². The number of hydrogen-bond acceptors (Lipinski definition) is 6. The Morgan fingerprint density at radius 1 is 1.15 bits per heavy atom. The third-order valence-electron chi connectivity index (χ3n) is 4.00. The highest BCUT2D eigenvalue weighted by Gasteiger charge is 2.26. The second-order valence-electron chi connectivity index (χ2n) is 6.11. The van der Waals surface area contributed by atoms with Crippen molar-refractivity contribution in [3.8, 4) is 0 Å². The number of nitrogens with zero attached hydrogens (tertiary/aromatic N) is 2. The van der Waals surface area contributed by atoms with Crippen LogP contribution in [0.4, 0.5) is 0 Å². The molecule has 1 aromatic carbocycles. The molecule has 1 amide bonds. The number of amides is 1. The number of carbonyl (C=O) groups excluding carboxylic acids is 2. The molecule has 0 aromatic heterocycles. The van der Waals surface area contributed by atoms with Gasteiger partial charge in [-0.05, 0) is 24.1 Å². The van der Waals surface area contributed by atoms with Gasteiger partial charge in [-0.3, -0.25) is 9.59 Å². The zero-order valence-electron chi connectivity index (χ0n) is 15.0. The maximum absolute atomic E-state index is 12.5. The molecule has 0 spiro atoms. The number of esters is 1. The average molecular weight is 384 g/mol. The predicted octanol–water partition coefficient (Wildman–Crippen LogP) is 0.272. The molecule has 26 heavy (non-hydrogen) atoms. The lowest BCUT2D eigenvalue weighted by molar-refractivity contribution is -0.151. The summed E-state index contributed by atoms with van der Waals surface area (Å²) in [5.41, 5.74) is 0.821. The molecule has 144 valence electrons. The smallest absolute Gasteiger partial charge is 0.306 e. The van der Waals surface area contributed by atoms with Crippen molar-refractivity contribution in [2.75, 3.05) is 47.0 Å². The SMILES string of the molecule is CN(C)C(=O)COC(=O)CCc1ccc(S(=O)(=O)N2CCOCC2)cc1. The molecule has 1 fully saturated rings. The van der Waals surface area contributed by atoms with E-state index in [1.54, 1.807) is 38.4 Å². The van der Waals surface area contributed by atoms with Crippen molar-refractivity contribution < 1.29 is 27.5 Å². The topological polar surface area (TPSA) is 93.2 Å². The number of rotatable bonds is 7. The van der Waals surface area contributed by atoms with Gasteiger partial charge in [0.15, 0.2) is 6.61 Å². The molecular formula is C17H24N2O6S. The Bertz CT molecular complexity index is 724. The standard InChI is InChI=1S/C17H24N2O6S/c1-18(2)16(20)13-25-17(21)8-5-14-3-6-15(7-4-14)26(22,23)19-9-11-24-12-10-19/h3-4,6-7H,5,8-13H2,1-2H3. The van der Waals surface area contributed by atoms with Crippen molar-refractivity contribution >= 4 is 21.9 Å². The van der Waals surface area contributed by atoms with Crippen LogP contribution in [0, 0.1) is 0 Å². The number of aryl methyl sites for hydroxylation is 1. The first-order chi connectivity index (χ1) is 12.3. The van der Waals surface area contributed by atoms with Gasteiger partial charge in [-0.1, -0.05) is 12.1 Å². The summed E-state index contributed by atoms with van der Waals surface area (Å²) in [5, 5.41) is 0. The average Bonchev–Trinajstić information content (AvgIpc) is 2.65. The molecule has 1 heterocycles. The Hall–Kier alpha value is -1.97. The first-order valence-electron chi connectivity index (χ1n) is 8.33. The number of hydrogen-bond donors (Lipinski definition) is 0. The van der Waals surface area contributed by atoms with Crippen LogP contribution >= 0.6 is 0 Å². The van der Waals surface area contributed by atoms with Crippen LogP contribution in [-0.4, -0.2) is 76.5 Å². The summed E-state index contributed by atoms with van der Waals surface area (Å²) in [6.07, 6.45) is 0.531. The van der Waals surface area contributed by atoms with E-state index in [-0.39, 0.29) is 23.8 Å². The van der Waals surface area contributed by atoms with Crippen molar-refractivity contribution in [2.45, 2.75) is 17.7 Å². The van der Waals surface area contributed by atoms with Gasteiger partial charge in [0.05, 0.1) is 18.1 Å². The van der Waals surface area contributed by atoms with Crippen molar-refractivity contribution in [2.24, 2.45) is 0 Å². The molecule has 0 radical (unpaired) electrons. The minimum absolute atomic E-state index is 0.121. The van der Waals surface area contributed by atoms with Gasteiger partial charge in [0.1, 0.15) is 0 Å². The van der Waals surface area contributed by atoms with Crippen molar-refractivity contribution in [1.82, 2.24) is 9.21 Å². The number of sulfonamides is 1. The van der Waals surface area contributed by atoms with E-state index in [9.17, 15) is 18.0 Å². The second-order valence-corrected chi connectivity index (χ2v) is 8.05. The molecule has 2 rings (SSSR count). The molecule has 0 unspecified atom stereocenters. The monoisotopic (exact) mass is 384 g/mol. The van der Waals surface area contributed by atoms with Gasteiger partial charge < -0.3 is 14.4 Å². The zero-order chi connectivity index (χ0) is 19.2. The highest BCUT2D eigenvalue weighted by atomic mass is 32.2. The minimum atomic E-state index is -3.52. The highest BCUT2D eigenvalue weighted by Crippen LogP contribution is 2.18. The van der Waals surface area contributed by atoms with E-state index >= 15 is 0 Å². The van der Waals surface area contributed by atoms with Gasteiger partial charge in [-0.25, -0.2) is 8.42 Å². The maximum Gasteiger partial charge on any atom is 0.306 e. The summed E-state index contributed by atoms with van der Waals surface area (Å²) in [5.74, 6) is -0.749. The first kappa shape index (κ1) is 20.3. The molecule has 8 nitrogen and oxygen atoms in total. The molecule has 1 aromatic rings. The van der Waals surface area contributed by atoms with Gasteiger partial charge in [0.25, 0.3) is 5.91 Å². The molecule has 0 atom stereocenters. The second kappa shape index (κ2) is 9.11. The molecule has 0 bridgehead atoms. The van der Waals surface area contributed by atoms with Gasteiger partial charge in [-0.15, -0.1) is 0 Å². The van der Waals surface area contributed by atoms with Crippen LogP contribution in [0.15, 0.2) is 29.2 Å². The van der Waals surface area contributed by atoms with E-state index in [0.717, 1.165) is 5.56 Å². The molecule has 1 aliphatic heterocycles. The lowest BCUT2D eigenvalue weighted by Gasteiger charge is -2.26. The fraction of sp³-hybridized carbons (Fsp3) is 0.529. The van der Waals surface area contributed by atoms with E-state index in [2.05, 4.69) is 0 Å². The van der Waals surface area contributed by atoms with Crippen LogP contribution in [0.5, 0.6) is 0 Å². The third-order valence-corrected chi connectivity index (χ3v) is 5.92. The fourth-order valence-electron chi connectivity index (χ4n) is 2.35. The van der Waals surface area contributed by atoms with Crippen molar-refractivity contribution in [3.05, 3.63) is 29.8 Å². The Kier molecular flexibility index (Phi) is 7.13. The summed E-state index contributed by atoms with van der Waals surface area (Å²) in [6.45, 7) is 1.22. The Morgan fingerprint density at radius 2 is 1.77 bits per heavy atom. The molecule has 0 aliphatic carbocycles. The number of benzene rings is 1. The van der Waals surface area contributed by atoms with Gasteiger partial charge >= 0.3 is 5.97 Å². The lowest BCUT2D eigenvalue weighted by atomic mass is 10.1.